The van der Waals surface area contributed by atoms with E-state index >= 15 is 0 Å². The zero-order chi connectivity index (χ0) is 14.0. The molecule has 4 heteroatoms. The van der Waals surface area contributed by atoms with Gasteiger partial charge in [0, 0.05) is 6.07 Å². The number of aryl methyl sites for hydroxylation is 1. The van der Waals surface area contributed by atoms with Gasteiger partial charge in [0.1, 0.15) is 11.5 Å². The molecule has 0 fully saturated rings. The number of hydrogen-bond acceptors (Lipinski definition) is 2. The van der Waals surface area contributed by atoms with E-state index in [-0.39, 0.29) is 10.6 Å². The van der Waals surface area contributed by atoms with Crippen molar-refractivity contribution >= 4 is 17.6 Å². The van der Waals surface area contributed by atoms with E-state index in [1.54, 1.807) is 6.07 Å². The van der Waals surface area contributed by atoms with E-state index in [1.807, 2.05) is 32.0 Å². The summed E-state index contributed by atoms with van der Waals surface area (Å²) in [7, 11) is 0. The van der Waals surface area contributed by atoms with Crippen molar-refractivity contribution in [2.45, 2.75) is 13.8 Å². The lowest BCUT2D eigenvalue weighted by Crippen LogP contribution is -1.97. The number of rotatable bonds is 3. The van der Waals surface area contributed by atoms with Crippen molar-refractivity contribution in [2.24, 2.45) is 0 Å². The number of carbonyl (C=O) groups is 1. The third-order valence-corrected chi connectivity index (χ3v) is 3.27. The maximum atomic E-state index is 10.9. The predicted octanol–water partition coefficient (Wildman–Crippen LogP) is 4.45. The van der Waals surface area contributed by atoms with Crippen molar-refractivity contribution in [3.8, 4) is 11.5 Å². The van der Waals surface area contributed by atoms with Crippen molar-refractivity contribution in [1.29, 1.82) is 0 Å². The minimum Gasteiger partial charge on any atom is -0.478 e. The van der Waals surface area contributed by atoms with Gasteiger partial charge in [0.25, 0.3) is 0 Å². The van der Waals surface area contributed by atoms with Crippen molar-refractivity contribution in [3.05, 3.63) is 58.1 Å². The number of aromatic carboxylic acids is 1. The Bertz CT molecular complexity index is 635. The number of carboxylic acid groups (broad SMARTS) is 1. The zero-order valence-electron chi connectivity index (χ0n) is 10.6. The minimum atomic E-state index is -1.05. The first-order valence-corrected chi connectivity index (χ1v) is 6.13. The van der Waals surface area contributed by atoms with Gasteiger partial charge in [-0.3, -0.25) is 0 Å². The van der Waals surface area contributed by atoms with Gasteiger partial charge in [0.15, 0.2) is 0 Å². The van der Waals surface area contributed by atoms with Gasteiger partial charge < -0.3 is 9.84 Å². The monoisotopic (exact) mass is 276 g/mol. The van der Waals surface area contributed by atoms with Gasteiger partial charge in [-0.15, -0.1) is 0 Å². The van der Waals surface area contributed by atoms with Crippen molar-refractivity contribution < 1.29 is 14.6 Å². The smallest absolute Gasteiger partial charge is 0.337 e. The highest BCUT2D eigenvalue weighted by atomic mass is 35.5. The average Bonchev–Trinajstić information content (AvgIpc) is 2.34. The summed E-state index contributed by atoms with van der Waals surface area (Å²) in [6.45, 7) is 3.97. The van der Waals surface area contributed by atoms with Crippen molar-refractivity contribution in [1.82, 2.24) is 0 Å². The molecule has 0 saturated carbocycles. The molecule has 3 nitrogen and oxygen atoms in total. The van der Waals surface area contributed by atoms with E-state index in [0.717, 1.165) is 16.9 Å². The number of ether oxygens (including phenoxy) is 1. The quantitative estimate of drug-likeness (QED) is 0.901. The summed E-state index contributed by atoms with van der Waals surface area (Å²) in [6.07, 6.45) is 0. The Morgan fingerprint density at radius 2 is 1.95 bits per heavy atom. The molecule has 2 rings (SSSR count). The Hall–Kier alpha value is -2.00. The number of benzene rings is 2. The maximum absolute atomic E-state index is 10.9. The summed E-state index contributed by atoms with van der Waals surface area (Å²) >= 11 is 5.90. The molecule has 0 spiro atoms. The van der Waals surface area contributed by atoms with E-state index < -0.39 is 5.97 Å². The van der Waals surface area contributed by atoms with Crippen LogP contribution in [0.3, 0.4) is 0 Å². The van der Waals surface area contributed by atoms with Crippen LogP contribution in [-0.4, -0.2) is 11.1 Å². The van der Waals surface area contributed by atoms with Crippen molar-refractivity contribution in [2.75, 3.05) is 0 Å². The number of carboxylic acids is 1. The summed E-state index contributed by atoms with van der Waals surface area (Å²) in [6, 6.07) is 10.3. The molecule has 0 atom stereocenters. The molecule has 0 bridgehead atoms. The lowest BCUT2D eigenvalue weighted by Gasteiger charge is -2.11. The van der Waals surface area contributed by atoms with Crippen LogP contribution in [0.5, 0.6) is 11.5 Å². The van der Waals surface area contributed by atoms with E-state index in [2.05, 4.69) is 0 Å². The van der Waals surface area contributed by atoms with Gasteiger partial charge in [-0.05, 0) is 43.2 Å². The largest absolute Gasteiger partial charge is 0.478 e. The fourth-order valence-corrected chi connectivity index (χ4v) is 1.95. The van der Waals surface area contributed by atoms with Crippen LogP contribution in [-0.2, 0) is 0 Å². The fraction of sp³-hybridized carbons (Fsp3) is 0.133. The molecular formula is C15H13ClO3. The molecule has 1 N–H and O–H groups in total. The SMILES string of the molecule is Cc1cccc(Oc2ccc(C(=O)O)c(Cl)c2)c1C. The van der Waals surface area contributed by atoms with Crippen LogP contribution in [0.4, 0.5) is 0 Å². The molecule has 0 radical (unpaired) electrons. The van der Waals surface area contributed by atoms with Gasteiger partial charge in [0.2, 0.25) is 0 Å². The number of hydrogen-bond donors (Lipinski definition) is 1. The second kappa shape index (κ2) is 5.33. The number of halogens is 1. The Labute approximate surface area is 116 Å². The Balaban J connectivity index is 2.32. The van der Waals surface area contributed by atoms with Crippen LogP contribution in [0.2, 0.25) is 5.02 Å². The van der Waals surface area contributed by atoms with E-state index in [4.69, 9.17) is 21.4 Å². The van der Waals surface area contributed by atoms with Crippen LogP contribution in [0, 0.1) is 13.8 Å². The first-order valence-electron chi connectivity index (χ1n) is 5.76. The summed E-state index contributed by atoms with van der Waals surface area (Å²) in [4.78, 5) is 10.9. The molecule has 19 heavy (non-hydrogen) atoms. The van der Waals surface area contributed by atoms with Crippen molar-refractivity contribution in [3.63, 3.8) is 0 Å². The van der Waals surface area contributed by atoms with Crippen LogP contribution in [0.1, 0.15) is 21.5 Å². The highest BCUT2D eigenvalue weighted by molar-refractivity contribution is 6.33. The third-order valence-electron chi connectivity index (χ3n) is 2.95. The zero-order valence-corrected chi connectivity index (χ0v) is 11.4. The summed E-state index contributed by atoms with van der Waals surface area (Å²) < 4.78 is 5.73. The van der Waals surface area contributed by atoms with E-state index in [1.165, 1.54) is 12.1 Å². The highest BCUT2D eigenvalue weighted by Crippen LogP contribution is 2.29. The van der Waals surface area contributed by atoms with E-state index in [0.29, 0.717) is 5.75 Å². The lowest BCUT2D eigenvalue weighted by atomic mass is 10.1. The summed E-state index contributed by atoms with van der Waals surface area (Å²) in [5, 5.41) is 9.06. The molecule has 98 valence electrons. The molecule has 0 aliphatic carbocycles. The van der Waals surface area contributed by atoms with Crippen LogP contribution in [0.25, 0.3) is 0 Å². The highest BCUT2D eigenvalue weighted by Gasteiger charge is 2.10. The Morgan fingerprint density at radius 3 is 2.58 bits per heavy atom. The van der Waals surface area contributed by atoms with E-state index in [9.17, 15) is 4.79 Å². The van der Waals surface area contributed by atoms with Gasteiger partial charge in [-0.25, -0.2) is 4.79 Å². The Kier molecular flexibility index (Phi) is 3.76. The Morgan fingerprint density at radius 1 is 1.21 bits per heavy atom. The molecule has 0 amide bonds. The molecule has 2 aromatic carbocycles. The second-order valence-corrected chi connectivity index (χ2v) is 4.65. The standard InChI is InChI=1S/C15H13ClO3/c1-9-4-3-5-14(10(9)2)19-11-6-7-12(15(17)18)13(16)8-11/h3-8H,1-2H3,(H,17,18). The third kappa shape index (κ3) is 2.88. The molecule has 0 aliphatic rings. The predicted molar refractivity (Wildman–Crippen MR) is 74.4 cm³/mol. The molecule has 0 saturated heterocycles. The van der Waals surface area contributed by atoms with Gasteiger partial charge in [0.05, 0.1) is 10.6 Å². The maximum Gasteiger partial charge on any atom is 0.337 e. The topological polar surface area (TPSA) is 46.5 Å². The van der Waals surface area contributed by atoms with Crippen LogP contribution >= 0.6 is 11.6 Å². The first-order chi connectivity index (χ1) is 8.99. The van der Waals surface area contributed by atoms with Gasteiger partial charge in [-0.1, -0.05) is 23.7 Å². The molecule has 0 aliphatic heterocycles. The fourth-order valence-electron chi connectivity index (χ4n) is 1.69. The average molecular weight is 277 g/mol. The normalized spacial score (nSPS) is 10.3. The molecule has 0 aromatic heterocycles. The first kappa shape index (κ1) is 13.4. The molecule has 0 heterocycles. The van der Waals surface area contributed by atoms with Gasteiger partial charge >= 0.3 is 5.97 Å². The van der Waals surface area contributed by atoms with Crippen LogP contribution in [0.15, 0.2) is 36.4 Å². The molecule has 2 aromatic rings. The van der Waals surface area contributed by atoms with Crippen LogP contribution < -0.4 is 4.74 Å². The molecular weight excluding hydrogens is 264 g/mol. The second-order valence-electron chi connectivity index (χ2n) is 4.25. The minimum absolute atomic E-state index is 0.0648. The lowest BCUT2D eigenvalue weighted by molar-refractivity contribution is 0.0697. The summed E-state index contributed by atoms with van der Waals surface area (Å²) in [5.74, 6) is 0.200. The summed E-state index contributed by atoms with van der Waals surface area (Å²) in [5.41, 5.74) is 2.24. The molecule has 0 unspecified atom stereocenters. The van der Waals surface area contributed by atoms with Gasteiger partial charge in [-0.2, -0.15) is 0 Å².